The van der Waals surface area contributed by atoms with Crippen molar-refractivity contribution in [3.05, 3.63) is 29.8 Å². The van der Waals surface area contributed by atoms with Crippen LogP contribution in [0.3, 0.4) is 0 Å². The standard InChI is InChI=1S/C13H20N2O4S2/c1-15(13-5-3-2-4-11(13)10-14)21(18,19)12-6-8-20(16,17)9-7-12/h2-5,12H,6-10,14H2,1H3. The van der Waals surface area contributed by atoms with Crippen LogP contribution in [-0.4, -0.2) is 40.6 Å². The molecule has 0 spiro atoms. The summed E-state index contributed by atoms with van der Waals surface area (Å²) in [6.07, 6.45) is 0.305. The minimum Gasteiger partial charge on any atom is -0.326 e. The molecule has 1 aliphatic rings. The quantitative estimate of drug-likeness (QED) is 0.865. The number of anilines is 1. The van der Waals surface area contributed by atoms with Crippen LogP contribution in [0.5, 0.6) is 0 Å². The van der Waals surface area contributed by atoms with E-state index in [-0.39, 0.29) is 30.9 Å². The fourth-order valence-corrected chi connectivity index (χ4v) is 6.04. The molecule has 1 heterocycles. The summed E-state index contributed by atoms with van der Waals surface area (Å²) in [5.41, 5.74) is 6.94. The molecule has 6 nitrogen and oxygen atoms in total. The molecule has 2 rings (SSSR count). The first-order chi connectivity index (χ1) is 9.78. The van der Waals surface area contributed by atoms with E-state index in [1.165, 1.54) is 11.4 Å². The minimum absolute atomic E-state index is 0.0662. The second kappa shape index (κ2) is 5.94. The molecule has 0 aromatic heterocycles. The van der Waals surface area contributed by atoms with Crippen LogP contribution < -0.4 is 10.0 Å². The maximum absolute atomic E-state index is 12.7. The van der Waals surface area contributed by atoms with Crippen molar-refractivity contribution in [3.63, 3.8) is 0 Å². The van der Waals surface area contributed by atoms with Gasteiger partial charge in [-0.25, -0.2) is 16.8 Å². The number of hydrogen-bond donors (Lipinski definition) is 1. The highest BCUT2D eigenvalue weighted by Gasteiger charge is 2.35. The third-order valence-electron chi connectivity index (χ3n) is 3.86. The van der Waals surface area contributed by atoms with Gasteiger partial charge in [-0.05, 0) is 24.5 Å². The van der Waals surface area contributed by atoms with Gasteiger partial charge in [0.25, 0.3) is 0 Å². The Morgan fingerprint density at radius 3 is 2.38 bits per heavy atom. The van der Waals surface area contributed by atoms with Gasteiger partial charge in [0.05, 0.1) is 22.4 Å². The Hall–Kier alpha value is -1.12. The summed E-state index contributed by atoms with van der Waals surface area (Å²) in [5, 5.41) is -0.656. The molecule has 0 atom stereocenters. The van der Waals surface area contributed by atoms with Crippen LogP contribution in [0, 0.1) is 0 Å². The first kappa shape index (κ1) is 16.3. The highest BCUT2D eigenvalue weighted by Crippen LogP contribution is 2.27. The lowest BCUT2D eigenvalue weighted by atomic mass is 10.2. The van der Waals surface area contributed by atoms with Gasteiger partial charge in [0.15, 0.2) is 0 Å². The smallest absolute Gasteiger partial charge is 0.237 e. The van der Waals surface area contributed by atoms with Crippen LogP contribution in [0.15, 0.2) is 24.3 Å². The lowest BCUT2D eigenvalue weighted by Gasteiger charge is -2.29. The van der Waals surface area contributed by atoms with Gasteiger partial charge in [-0.3, -0.25) is 4.31 Å². The van der Waals surface area contributed by atoms with Gasteiger partial charge in [-0.1, -0.05) is 18.2 Å². The maximum Gasteiger partial charge on any atom is 0.237 e. The molecule has 0 aliphatic carbocycles. The highest BCUT2D eigenvalue weighted by molar-refractivity contribution is 7.94. The summed E-state index contributed by atoms with van der Waals surface area (Å²) in [7, 11) is -5.17. The molecule has 1 aliphatic heterocycles. The van der Waals surface area contributed by atoms with E-state index >= 15 is 0 Å². The van der Waals surface area contributed by atoms with E-state index < -0.39 is 25.1 Å². The third-order valence-corrected chi connectivity index (χ3v) is 7.84. The number of nitrogens with zero attached hydrogens (tertiary/aromatic N) is 1. The normalized spacial score (nSPS) is 19.3. The number of sulfonamides is 1. The van der Waals surface area contributed by atoms with Crippen molar-refractivity contribution in [2.24, 2.45) is 5.73 Å². The van der Waals surface area contributed by atoms with E-state index in [0.29, 0.717) is 5.69 Å². The zero-order chi connectivity index (χ0) is 15.7. The third kappa shape index (κ3) is 3.38. The van der Waals surface area contributed by atoms with Gasteiger partial charge in [0.2, 0.25) is 10.0 Å². The zero-order valence-corrected chi connectivity index (χ0v) is 13.5. The van der Waals surface area contributed by atoms with Crippen LogP contribution in [0.25, 0.3) is 0 Å². The van der Waals surface area contributed by atoms with Crippen molar-refractivity contribution in [2.45, 2.75) is 24.6 Å². The first-order valence-electron chi connectivity index (χ1n) is 6.74. The number of rotatable bonds is 4. The Kier molecular flexibility index (Phi) is 4.60. The molecule has 8 heteroatoms. The van der Waals surface area contributed by atoms with Crippen LogP contribution in [0.2, 0.25) is 0 Å². The Bertz CT molecular complexity index is 699. The van der Waals surface area contributed by atoms with E-state index in [1.807, 2.05) is 0 Å². The number of sulfone groups is 1. The summed E-state index contributed by atoms with van der Waals surface area (Å²) in [4.78, 5) is 0. The van der Waals surface area contributed by atoms with E-state index in [4.69, 9.17) is 5.73 Å². The van der Waals surface area contributed by atoms with Gasteiger partial charge >= 0.3 is 0 Å². The summed E-state index contributed by atoms with van der Waals surface area (Å²) in [6.45, 7) is 0.245. The predicted molar refractivity (Wildman–Crippen MR) is 83.3 cm³/mol. The van der Waals surface area contributed by atoms with Crippen molar-refractivity contribution in [1.82, 2.24) is 0 Å². The SMILES string of the molecule is CN(c1ccccc1CN)S(=O)(=O)C1CCS(=O)(=O)CC1. The fourth-order valence-electron chi connectivity index (χ4n) is 2.52. The van der Waals surface area contributed by atoms with Crippen LogP contribution >= 0.6 is 0 Å². The molecule has 1 saturated heterocycles. The Balaban J connectivity index is 2.27. The maximum atomic E-state index is 12.7. The van der Waals surface area contributed by atoms with Gasteiger partial charge in [-0.15, -0.1) is 0 Å². The predicted octanol–water partition coefficient (Wildman–Crippen LogP) is 0.488. The van der Waals surface area contributed by atoms with Gasteiger partial charge < -0.3 is 5.73 Å². The molecule has 0 saturated carbocycles. The topological polar surface area (TPSA) is 97.5 Å². The van der Waals surface area contributed by atoms with Crippen molar-refractivity contribution in [2.75, 3.05) is 22.9 Å². The lowest BCUT2D eigenvalue weighted by molar-refractivity contribution is 0.551. The van der Waals surface area contributed by atoms with E-state index in [0.717, 1.165) is 5.56 Å². The summed E-state index contributed by atoms with van der Waals surface area (Å²) < 4.78 is 49.4. The molecular formula is C13H20N2O4S2. The molecule has 1 aromatic rings. The van der Waals surface area contributed by atoms with Crippen molar-refractivity contribution < 1.29 is 16.8 Å². The molecule has 2 N–H and O–H groups in total. The Labute approximate surface area is 125 Å². The highest BCUT2D eigenvalue weighted by atomic mass is 32.2. The number of hydrogen-bond acceptors (Lipinski definition) is 5. The molecule has 0 bridgehead atoms. The summed E-state index contributed by atoms with van der Waals surface area (Å²) >= 11 is 0. The monoisotopic (exact) mass is 332 g/mol. The second-order valence-corrected chi connectivity index (χ2v) is 9.74. The first-order valence-corrected chi connectivity index (χ1v) is 10.1. The van der Waals surface area contributed by atoms with E-state index in [2.05, 4.69) is 0 Å². The molecule has 118 valence electrons. The molecule has 21 heavy (non-hydrogen) atoms. The molecule has 0 amide bonds. The fraction of sp³-hybridized carbons (Fsp3) is 0.538. The molecule has 0 radical (unpaired) electrons. The van der Waals surface area contributed by atoms with Gasteiger partial charge in [0, 0.05) is 13.6 Å². The van der Waals surface area contributed by atoms with Crippen LogP contribution in [-0.2, 0) is 26.4 Å². The Morgan fingerprint density at radius 2 is 1.81 bits per heavy atom. The number of benzene rings is 1. The van der Waals surface area contributed by atoms with Crippen LogP contribution in [0.4, 0.5) is 5.69 Å². The van der Waals surface area contributed by atoms with Gasteiger partial charge in [-0.2, -0.15) is 0 Å². The van der Waals surface area contributed by atoms with E-state index in [9.17, 15) is 16.8 Å². The van der Waals surface area contributed by atoms with Gasteiger partial charge in [0.1, 0.15) is 9.84 Å². The largest absolute Gasteiger partial charge is 0.326 e. The van der Waals surface area contributed by atoms with Crippen molar-refractivity contribution >= 4 is 25.5 Å². The second-order valence-electron chi connectivity index (χ2n) is 5.20. The van der Waals surface area contributed by atoms with Crippen LogP contribution in [0.1, 0.15) is 18.4 Å². The average molecular weight is 332 g/mol. The Morgan fingerprint density at radius 1 is 1.24 bits per heavy atom. The van der Waals surface area contributed by atoms with E-state index in [1.54, 1.807) is 24.3 Å². The summed E-state index contributed by atoms with van der Waals surface area (Å²) in [5.74, 6) is -0.132. The molecule has 0 unspecified atom stereocenters. The molecule has 1 fully saturated rings. The number of para-hydroxylation sites is 1. The molecular weight excluding hydrogens is 312 g/mol. The lowest BCUT2D eigenvalue weighted by Crippen LogP contribution is -2.41. The zero-order valence-electron chi connectivity index (χ0n) is 11.9. The minimum atomic E-state index is -3.58. The summed E-state index contributed by atoms with van der Waals surface area (Å²) in [6, 6.07) is 7.05. The van der Waals surface area contributed by atoms with Crippen molar-refractivity contribution in [3.8, 4) is 0 Å². The molecule has 1 aromatic carbocycles. The number of nitrogens with two attached hydrogens (primary N) is 1. The average Bonchev–Trinajstić information content (AvgIpc) is 2.46. The van der Waals surface area contributed by atoms with Crippen molar-refractivity contribution in [1.29, 1.82) is 0 Å².